The molecule has 0 atom stereocenters. The predicted molar refractivity (Wildman–Crippen MR) is 112 cm³/mol. The number of anilines is 1. The highest BCUT2D eigenvalue weighted by atomic mass is 19.1. The Kier molecular flexibility index (Phi) is 5.14. The molecule has 1 N–H and O–H groups in total. The molecule has 4 rings (SSSR count). The van der Waals surface area contributed by atoms with Crippen LogP contribution in [-0.4, -0.2) is 30.5 Å². The summed E-state index contributed by atoms with van der Waals surface area (Å²) in [6.07, 6.45) is 3.76. The van der Waals surface area contributed by atoms with Gasteiger partial charge in [-0.25, -0.2) is 18.7 Å². The number of aryl methyl sites for hydroxylation is 2. The van der Waals surface area contributed by atoms with E-state index in [1.165, 1.54) is 12.3 Å². The van der Waals surface area contributed by atoms with Gasteiger partial charge >= 0.3 is 0 Å². The molecule has 0 unspecified atom stereocenters. The van der Waals surface area contributed by atoms with Gasteiger partial charge in [0.25, 0.3) is 5.91 Å². The second-order valence-electron chi connectivity index (χ2n) is 6.92. The van der Waals surface area contributed by atoms with E-state index in [-0.39, 0.29) is 5.91 Å². The van der Waals surface area contributed by atoms with Crippen molar-refractivity contribution in [2.45, 2.75) is 27.2 Å². The largest absolute Gasteiger partial charge is 0.322 e. The number of nitrogens with zero attached hydrogens (tertiary/aromatic N) is 5. The van der Waals surface area contributed by atoms with E-state index in [1.807, 2.05) is 45.0 Å². The fourth-order valence-electron chi connectivity index (χ4n) is 3.41. The van der Waals surface area contributed by atoms with Crippen LogP contribution in [-0.2, 0) is 6.42 Å². The number of benzene rings is 1. The highest BCUT2D eigenvalue weighted by Crippen LogP contribution is 2.21. The van der Waals surface area contributed by atoms with Crippen LogP contribution in [0.5, 0.6) is 0 Å². The lowest BCUT2D eigenvalue weighted by molar-refractivity contribution is 0.102. The summed E-state index contributed by atoms with van der Waals surface area (Å²) in [5.41, 5.74) is 3.47. The molecule has 0 saturated carbocycles. The number of carbonyl (C=O) groups excluding carboxylic acids is 1. The molecular weight excluding hydrogens is 383 g/mol. The summed E-state index contributed by atoms with van der Waals surface area (Å²) < 4.78 is 17.9. The highest BCUT2D eigenvalue weighted by molar-refractivity contribution is 6.05. The molecule has 0 saturated heterocycles. The van der Waals surface area contributed by atoms with Crippen LogP contribution >= 0.6 is 0 Å². The van der Waals surface area contributed by atoms with Crippen LogP contribution < -0.4 is 5.32 Å². The quantitative estimate of drug-likeness (QED) is 0.545. The van der Waals surface area contributed by atoms with Gasteiger partial charge < -0.3 is 5.32 Å². The molecule has 3 aromatic heterocycles. The molecule has 30 heavy (non-hydrogen) atoms. The van der Waals surface area contributed by atoms with Crippen molar-refractivity contribution in [1.82, 2.24) is 24.5 Å². The minimum Gasteiger partial charge on any atom is -0.322 e. The van der Waals surface area contributed by atoms with Gasteiger partial charge in [0.05, 0.1) is 23.1 Å². The maximum Gasteiger partial charge on any atom is 0.259 e. The molecule has 8 heteroatoms. The number of aromatic nitrogens is 5. The van der Waals surface area contributed by atoms with Gasteiger partial charge in [-0.15, -0.1) is 0 Å². The van der Waals surface area contributed by atoms with Crippen molar-refractivity contribution in [2.75, 3.05) is 5.32 Å². The van der Waals surface area contributed by atoms with Crippen molar-refractivity contribution < 1.29 is 9.18 Å². The summed E-state index contributed by atoms with van der Waals surface area (Å²) in [7, 11) is 0. The zero-order valence-corrected chi connectivity index (χ0v) is 16.9. The summed E-state index contributed by atoms with van der Waals surface area (Å²) in [5.74, 6) is -0.195. The van der Waals surface area contributed by atoms with Crippen molar-refractivity contribution in [1.29, 1.82) is 0 Å². The number of halogens is 1. The Bertz CT molecular complexity index is 1210. The molecule has 0 spiro atoms. The first-order valence-electron chi connectivity index (χ1n) is 9.60. The molecule has 4 aromatic rings. The molecule has 7 nitrogen and oxygen atoms in total. The third-order valence-electron chi connectivity index (χ3n) is 4.76. The molecular formula is C22H21FN6O. The van der Waals surface area contributed by atoms with Gasteiger partial charge in [0.15, 0.2) is 11.6 Å². The number of rotatable bonds is 5. The Morgan fingerprint density at radius 2 is 1.97 bits per heavy atom. The molecule has 1 aromatic carbocycles. The fraction of sp³-hybridized carbons (Fsp3) is 0.182. The SMILES string of the molecule is CCc1c(C(=O)Nc2ccc(-n3nc(C)cc3C)c(F)c2)cnn1-c1ccccn1. The van der Waals surface area contributed by atoms with Crippen LogP contribution in [0.3, 0.4) is 0 Å². The second kappa shape index (κ2) is 7.90. The summed E-state index contributed by atoms with van der Waals surface area (Å²) in [5, 5.41) is 11.4. The summed E-state index contributed by atoms with van der Waals surface area (Å²) in [6, 6.07) is 11.9. The van der Waals surface area contributed by atoms with Crippen LogP contribution in [0.15, 0.2) is 54.9 Å². The van der Waals surface area contributed by atoms with E-state index in [9.17, 15) is 9.18 Å². The third kappa shape index (κ3) is 3.59. The van der Waals surface area contributed by atoms with Crippen LogP contribution in [0.4, 0.5) is 10.1 Å². The number of pyridine rings is 1. The lowest BCUT2D eigenvalue weighted by Gasteiger charge is -2.10. The van der Waals surface area contributed by atoms with E-state index < -0.39 is 5.82 Å². The van der Waals surface area contributed by atoms with Gasteiger partial charge in [-0.3, -0.25) is 4.79 Å². The number of hydrogen-bond donors (Lipinski definition) is 1. The minimum atomic E-state index is -0.473. The molecule has 0 bridgehead atoms. The van der Waals surface area contributed by atoms with E-state index in [2.05, 4.69) is 20.5 Å². The average Bonchev–Trinajstić information content (AvgIpc) is 3.31. The van der Waals surface area contributed by atoms with E-state index in [1.54, 1.807) is 27.7 Å². The maximum absolute atomic E-state index is 14.7. The second-order valence-corrected chi connectivity index (χ2v) is 6.92. The van der Waals surface area contributed by atoms with Gasteiger partial charge in [-0.05, 0) is 56.7 Å². The first-order valence-corrected chi connectivity index (χ1v) is 9.60. The zero-order chi connectivity index (χ0) is 21.3. The van der Waals surface area contributed by atoms with Gasteiger partial charge in [0.1, 0.15) is 5.69 Å². The molecule has 0 aliphatic carbocycles. The van der Waals surface area contributed by atoms with E-state index in [0.29, 0.717) is 29.2 Å². The van der Waals surface area contributed by atoms with Gasteiger partial charge in [0.2, 0.25) is 0 Å². The van der Waals surface area contributed by atoms with Crippen LogP contribution in [0, 0.1) is 19.7 Å². The lowest BCUT2D eigenvalue weighted by atomic mass is 10.2. The molecule has 0 radical (unpaired) electrons. The molecule has 1 amide bonds. The van der Waals surface area contributed by atoms with Crippen LogP contribution in [0.1, 0.15) is 34.4 Å². The summed E-state index contributed by atoms with van der Waals surface area (Å²) in [6.45, 7) is 5.66. The van der Waals surface area contributed by atoms with Crippen molar-refractivity contribution in [3.8, 4) is 11.5 Å². The molecule has 3 heterocycles. The number of nitrogens with one attached hydrogen (secondary N) is 1. The smallest absolute Gasteiger partial charge is 0.259 e. The standard InChI is InChI=1S/C22H21FN6O/c1-4-19-17(13-25-29(19)21-7-5-6-10-24-21)22(30)26-16-8-9-20(18(23)12-16)28-15(3)11-14(2)27-28/h5-13H,4H2,1-3H3,(H,26,30). The van der Waals surface area contributed by atoms with Crippen molar-refractivity contribution in [3.63, 3.8) is 0 Å². The average molecular weight is 404 g/mol. The summed E-state index contributed by atoms with van der Waals surface area (Å²) in [4.78, 5) is 17.1. The Hall–Kier alpha value is -3.81. The van der Waals surface area contributed by atoms with Crippen LogP contribution in [0.2, 0.25) is 0 Å². The Morgan fingerprint density at radius 1 is 1.13 bits per heavy atom. The molecule has 152 valence electrons. The molecule has 0 aliphatic rings. The molecule has 0 fully saturated rings. The highest BCUT2D eigenvalue weighted by Gasteiger charge is 2.18. The van der Waals surface area contributed by atoms with Crippen molar-refractivity contribution in [2.24, 2.45) is 0 Å². The lowest BCUT2D eigenvalue weighted by Crippen LogP contribution is -2.15. The Balaban J connectivity index is 1.60. The Morgan fingerprint density at radius 3 is 2.60 bits per heavy atom. The van der Waals surface area contributed by atoms with Gasteiger partial charge in [-0.1, -0.05) is 13.0 Å². The molecule has 0 aliphatic heterocycles. The number of carbonyl (C=O) groups is 1. The van der Waals surface area contributed by atoms with Crippen LogP contribution in [0.25, 0.3) is 11.5 Å². The zero-order valence-electron chi connectivity index (χ0n) is 16.9. The normalized spacial score (nSPS) is 10.9. The fourth-order valence-corrected chi connectivity index (χ4v) is 3.41. The number of hydrogen-bond acceptors (Lipinski definition) is 4. The maximum atomic E-state index is 14.7. The van der Waals surface area contributed by atoms with E-state index >= 15 is 0 Å². The van der Waals surface area contributed by atoms with Gasteiger partial charge in [0, 0.05) is 17.6 Å². The van der Waals surface area contributed by atoms with Crippen molar-refractivity contribution in [3.05, 3.63) is 83.3 Å². The van der Waals surface area contributed by atoms with E-state index in [4.69, 9.17) is 0 Å². The third-order valence-corrected chi connectivity index (χ3v) is 4.76. The monoisotopic (exact) mass is 404 g/mol. The first-order chi connectivity index (χ1) is 14.5. The predicted octanol–water partition coefficient (Wildman–Crippen LogP) is 4.02. The first kappa shape index (κ1) is 19.5. The summed E-state index contributed by atoms with van der Waals surface area (Å²) >= 11 is 0. The van der Waals surface area contributed by atoms with Crippen molar-refractivity contribution >= 4 is 11.6 Å². The Labute approximate surface area is 173 Å². The van der Waals surface area contributed by atoms with Gasteiger partial charge in [-0.2, -0.15) is 10.2 Å². The minimum absolute atomic E-state index is 0.329. The number of amides is 1. The topological polar surface area (TPSA) is 77.6 Å². The van der Waals surface area contributed by atoms with E-state index in [0.717, 1.165) is 17.1 Å².